The lowest BCUT2D eigenvalue weighted by molar-refractivity contribution is 0.0945. The summed E-state index contributed by atoms with van der Waals surface area (Å²) in [5.74, 6) is -0.377. The van der Waals surface area contributed by atoms with Gasteiger partial charge in [-0.2, -0.15) is 0 Å². The van der Waals surface area contributed by atoms with E-state index in [0.717, 1.165) is 11.3 Å². The van der Waals surface area contributed by atoms with Crippen LogP contribution in [0.25, 0.3) is 0 Å². The molecule has 2 rings (SSSR count). The first-order valence-corrected chi connectivity index (χ1v) is 6.34. The number of carbonyl (C=O) groups excluding carboxylic acids is 1. The van der Waals surface area contributed by atoms with Crippen LogP contribution in [0.3, 0.4) is 0 Å². The number of aromatic nitrogens is 2. The van der Waals surface area contributed by atoms with Crippen LogP contribution in [0.5, 0.6) is 0 Å². The number of hydrogen-bond donors (Lipinski definition) is 1. The van der Waals surface area contributed by atoms with Crippen molar-refractivity contribution < 1.29 is 4.79 Å². The maximum absolute atomic E-state index is 12.0. The predicted molar refractivity (Wildman–Crippen MR) is 74.4 cm³/mol. The van der Waals surface area contributed by atoms with Crippen LogP contribution in [-0.2, 0) is 6.54 Å². The van der Waals surface area contributed by atoms with Crippen molar-refractivity contribution in [2.45, 2.75) is 13.5 Å². The van der Waals surface area contributed by atoms with Gasteiger partial charge < -0.3 is 5.32 Å². The van der Waals surface area contributed by atoms with Crippen molar-refractivity contribution in [3.63, 3.8) is 0 Å². The van der Waals surface area contributed by atoms with E-state index in [1.165, 1.54) is 12.1 Å². The summed E-state index contributed by atoms with van der Waals surface area (Å²) < 4.78 is 0. The minimum absolute atomic E-state index is 0.114. The number of pyridine rings is 2. The third kappa shape index (κ3) is 3.43. The van der Waals surface area contributed by atoms with Gasteiger partial charge in [-0.05, 0) is 30.7 Å². The maximum Gasteiger partial charge on any atom is 0.271 e. The van der Waals surface area contributed by atoms with Gasteiger partial charge >= 0.3 is 0 Å². The van der Waals surface area contributed by atoms with E-state index in [1.54, 1.807) is 6.20 Å². The van der Waals surface area contributed by atoms with Crippen LogP contribution in [0.2, 0.25) is 10.2 Å². The molecule has 0 aliphatic heterocycles. The molecule has 1 N–H and O–H groups in total. The molecule has 0 spiro atoms. The van der Waals surface area contributed by atoms with E-state index in [2.05, 4.69) is 15.3 Å². The fourth-order valence-corrected chi connectivity index (χ4v) is 1.87. The van der Waals surface area contributed by atoms with Gasteiger partial charge in [-0.15, -0.1) is 0 Å². The smallest absolute Gasteiger partial charge is 0.271 e. The van der Waals surface area contributed by atoms with Crippen molar-refractivity contribution in [3.05, 3.63) is 57.6 Å². The Bertz CT molecular complexity index is 617. The molecule has 2 aromatic rings. The minimum Gasteiger partial charge on any atom is -0.345 e. The van der Waals surface area contributed by atoms with Gasteiger partial charge in [-0.25, -0.2) is 4.98 Å². The molecule has 0 radical (unpaired) electrons. The van der Waals surface area contributed by atoms with Crippen molar-refractivity contribution in [3.8, 4) is 0 Å². The summed E-state index contributed by atoms with van der Waals surface area (Å²) in [6.07, 6.45) is 1.68. The van der Waals surface area contributed by atoms with Crippen molar-refractivity contribution in [2.75, 3.05) is 0 Å². The molecule has 0 atom stereocenters. The van der Waals surface area contributed by atoms with Crippen LogP contribution in [0.15, 0.2) is 30.5 Å². The Morgan fingerprint density at radius 2 is 2.11 bits per heavy atom. The number of halogens is 2. The third-order valence-corrected chi connectivity index (χ3v) is 3.08. The molecule has 0 aliphatic rings. The Morgan fingerprint density at radius 1 is 1.32 bits per heavy atom. The quantitative estimate of drug-likeness (QED) is 0.886. The molecule has 0 aliphatic carbocycles. The summed E-state index contributed by atoms with van der Waals surface area (Å²) in [7, 11) is 0. The molecule has 0 bridgehead atoms. The van der Waals surface area contributed by atoms with E-state index < -0.39 is 0 Å². The molecule has 4 nitrogen and oxygen atoms in total. The number of aryl methyl sites for hydroxylation is 1. The van der Waals surface area contributed by atoms with E-state index in [4.69, 9.17) is 23.2 Å². The van der Waals surface area contributed by atoms with Crippen LogP contribution in [0.1, 0.15) is 21.7 Å². The lowest BCUT2D eigenvalue weighted by Gasteiger charge is -2.07. The molecular formula is C13H11Cl2N3O. The third-order valence-electron chi connectivity index (χ3n) is 2.56. The van der Waals surface area contributed by atoms with Gasteiger partial charge in [0.15, 0.2) is 0 Å². The number of hydrogen-bond acceptors (Lipinski definition) is 3. The van der Waals surface area contributed by atoms with Crippen LogP contribution < -0.4 is 5.32 Å². The standard InChI is InChI=1S/C13H11Cl2N3O/c1-8-3-2-6-16-10(8)7-17-13(19)12-9(14)4-5-11(15)18-12/h2-6H,7H2,1H3,(H,17,19). The van der Waals surface area contributed by atoms with E-state index >= 15 is 0 Å². The van der Waals surface area contributed by atoms with E-state index in [1.807, 2.05) is 19.1 Å². The highest BCUT2D eigenvalue weighted by Crippen LogP contribution is 2.16. The zero-order valence-corrected chi connectivity index (χ0v) is 11.7. The normalized spacial score (nSPS) is 10.3. The Hall–Kier alpha value is -1.65. The average molecular weight is 296 g/mol. The molecule has 1 amide bonds. The second-order valence-electron chi connectivity index (χ2n) is 3.91. The molecule has 0 unspecified atom stereocenters. The zero-order chi connectivity index (χ0) is 13.8. The molecule has 2 aromatic heterocycles. The van der Waals surface area contributed by atoms with Gasteiger partial charge in [0.1, 0.15) is 10.8 Å². The second-order valence-corrected chi connectivity index (χ2v) is 4.71. The number of amides is 1. The Morgan fingerprint density at radius 3 is 2.84 bits per heavy atom. The van der Waals surface area contributed by atoms with Crippen LogP contribution in [0.4, 0.5) is 0 Å². The molecule has 98 valence electrons. The van der Waals surface area contributed by atoms with Crippen molar-refractivity contribution in [2.24, 2.45) is 0 Å². The fourth-order valence-electron chi connectivity index (χ4n) is 1.53. The van der Waals surface area contributed by atoms with E-state index in [0.29, 0.717) is 6.54 Å². The maximum atomic E-state index is 12.0. The summed E-state index contributed by atoms with van der Waals surface area (Å²) in [6.45, 7) is 2.25. The summed E-state index contributed by atoms with van der Waals surface area (Å²) in [6, 6.07) is 6.84. The van der Waals surface area contributed by atoms with Gasteiger partial charge in [-0.1, -0.05) is 29.3 Å². The van der Waals surface area contributed by atoms with Crippen LogP contribution >= 0.6 is 23.2 Å². The van der Waals surface area contributed by atoms with Gasteiger partial charge in [0.2, 0.25) is 0 Å². The summed E-state index contributed by atoms with van der Waals surface area (Å²) in [4.78, 5) is 20.1. The summed E-state index contributed by atoms with van der Waals surface area (Å²) >= 11 is 11.6. The minimum atomic E-state index is -0.377. The van der Waals surface area contributed by atoms with Crippen LogP contribution in [-0.4, -0.2) is 15.9 Å². The van der Waals surface area contributed by atoms with Gasteiger partial charge in [0, 0.05) is 6.20 Å². The summed E-state index contributed by atoms with van der Waals surface area (Å²) in [5, 5.41) is 3.21. The SMILES string of the molecule is Cc1cccnc1CNC(=O)c1nc(Cl)ccc1Cl. The summed E-state index contributed by atoms with van der Waals surface area (Å²) in [5.41, 5.74) is 1.92. The van der Waals surface area contributed by atoms with Gasteiger partial charge in [0.05, 0.1) is 17.3 Å². The lowest BCUT2D eigenvalue weighted by Crippen LogP contribution is -2.25. The zero-order valence-electron chi connectivity index (χ0n) is 10.2. The molecule has 19 heavy (non-hydrogen) atoms. The number of rotatable bonds is 3. The monoisotopic (exact) mass is 295 g/mol. The topological polar surface area (TPSA) is 54.9 Å². The highest BCUT2D eigenvalue weighted by atomic mass is 35.5. The van der Waals surface area contributed by atoms with Crippen LogP contribution in [0, 0.1) is 6.92 Å². The number of carbonyl (C=O) groups is 1. The molecule has 0 saturated heterocycles. The van der Waals surface area contributed by atoms with Crippen molar-refractivity contribution >= 4 is 29.1 Å². The van der Waals surface area contributed by atoms with Crippen molar-refractivity contribution in [1.82, 2.24) is 15.3 Å². The molecule has 2 heterocycles. The van der Waals surface area contributed by atoms with Gasteiger partial charge in [-0.3, -0.25) is 9.78 Å². The number of nitrogens with one attached hydrogen (secondary N) is 1. The van der Waals surface area contributed by atoms with E-state index in [9.17, 15) is 4.79 Å². The molecule has 0 fully saturated rings. The Kier molecular flexibility index (Phi) is 4.35. The first-order valence-electron chi connectivity index (χ1n) is 5.58. The first-order chi connectivity index (χ1) is 9.08. The molecular weight excluding hydrogens is 285 g/mol. The lowest BCUT2D eigenvalue weighted by atomic mass is 10.2. The van der Waals surface area contributed by atoms with E-state index in [-0.39, 0.29) is 21.8 Å². The highest BCUT2D eigenvalue weighted by Gasteiger charge is 2.13. The highest BCUT2D eigenvalue weighted by molar-refractivity contribution is 6.34. The number of nitrogens with zero attached hydrogens (tertiary/aromatic N) is 2. The first kappa shape index (κ1) is 13.8. The molecule has 6 heteroatoms. The van der Waals surface area contributed by atoms with Gasteiger partial charge in [0.25, 0.3) is 5.91 Å². The van der Waals surface area contributed by atoms with Crippen molar-refractivity contribution in [1.29, 1.82) is 0 Å². The second kappa shape index (κ2) is 5.99. The largest absolute Gasteiger partial charge is 0.345 e. The Balaban J connectivity index is 2.10. The molecule has 0 saturated carbocycles. The fraction of sp³-hybridized carbons (Fsp3) is 0.154. The predicted octanol–water partition coefficient (Wildman–Crippen LogP) is 3.02. The molecule has 0 aromatic carbocycles. The average Bonchev–Trinajstić information content (AvgIpc) is 2.40. The Labute approximate surface area is 120 Å².